The Labute approximate surface area is 118 Å². The molecule has 7 heteroatoms. The number of amides is 3. The van der Waals surface area contributed by atoms with E-state index in [1.807, 2.05) is 0 Å². The Morgan fingerprint density at radius 2 is 1.90 bits per heavy atom. The average Bonchev–Trinajstić information content (AvgIpc) is 2.85. The van der Waals surface area contributed by atoms with Crippen molar-refractivity contribution in [3.63, 3.8) is 0 Å². The van der Waals surface area contributed by atoms with Crippen LogP contribution in [0.5, 0.6) is 0 Å². The molecule has 2 aliphatic heterocycles. The van der Waals surface area contributed by atoms with Gasteiger partial charge in [-0.2, -0.15) is 0 Å². The summed E-state index contributed by atoms with van der Waals surface area (Å²) in [4.78, 5) is 40.5. The van der Waals surface area contributed by atoms with Crippen molar-refractivity contribution in [3.05, 3.63) is 0 Å². The third kappa shape index (κ3) is 2.21. The third-order valence-corrected chi connectivity index (χ3v) is 4.22. The predicted molar refractivity (Wildman–Crippen MR) is 71.2 cm³/mol. The van der Waals surface area contributed by atoms with E-state index >= 15 is 0 Å². The van der Waals surface area contributed by atoms with Crippen LogP contribution < -0.4 is 0 Å². The number of rotatable bonds is 1. The van der Waals surface area contributed by atoms with Gasteiger partial charge in [0.25, 0.3) is 0 Å². The summed E-state index contributed by atoms with van der Waals surface area (Å²) in [5.41, 5.74) is -0.935. The van der Waals surface area contributed by atoms with Gasteiger partial charge in [-0.3, -0.25) is 4.79 Å². The van der Waals surface area contributed by atoms with Crippen molar-refractivity contribution in [1.29, 1.82) is 0 Å². The second-order valence-corrected chi connectivity index (χ2v) is 5.91. The maximum absolute atomic E-state index is 12.6. The van der Waals surface area contributed by atoms with Crippen LogP contribution in [0.2, 0.25) is 0 Å². The summed E-state index contributed by atoms with van der Waals surface area (Å²) in [5, 5.41) is 9.17. The Balaban J connectivity index is 2.20. The molecule has 3 amide bonds. The summed E-state index contributed by atoms with van der Waals surface area (Å²) in [7, 11) is 1.71. The number of aliphatic carboxylic acids is 1. The summed E-state index contributed by atoms with van der Waals surface area (Å²) in [6.45, 7) is 4.74. The van der Waals surface area contributed by atoms with Gasteiger partial charge in [-0.1, -0.05) is 0 Å². The van der Waals surface area contributed by atoms with E-state index in [4.69, 9.17) is 5.11 Å². The molecule has 7 nitrogen and oxygen atoms in total. The Morgan fingerprint density at radius 1 is 1.25 bits per heavy atom. The van der Waals surface area contributed by atoms with Gasteiger partial charge >= 0.3 is 12.0 Å². The number of piperazine rings is 1. The molecule has 2 heterocycles. The van der Waals surface area contributed by atoms with E-state index < -0.39 is 17.6 Å². The molecule has 0 bridgehead atoms. The fraction of sp³-hybridized carbons (Fsp3) is 0.769. The predicted octanol–water partition coefficient (Wildman–Crippen LogP) is 0.208. The second-order valence-electron chi connectivity index (χ2n) is 5.91. The van der Waals surface area contributed by atoms with E-state index in [2.05, 4.69) is 0 Å². The summed E-state index contributed by atoms with van der Waals surface area (Å²) in [5.74, 6) is -1.10. The maximum atomic E-state index is 12.6. The first kappa shape index (κ1) is 14.6. The van der Waals surface area contributed by atoms with Gasteiger partial charge in [-0.05, 0) is 26.7 Å². The minimum atomic E-state index is -0.978. The number of carbonyl (C=O) groups is 3. The molecule has 0 aliphatic carbocycles. The number of nitrogens with zero attached hydrogens (tertiary/aromatic N) is 3. The van der Waals surface area contributed by atoms with Crippen molar-refractivity contribution in [1.82, 2.24) is 14.7 Å². The van der Waals surface area contributed by atoms with Crippen molar-refractivity contribution in [2.75, 3.05) is 26.7 Å². The van der Waals surface area contributed by atoms with Crippen molar-refractivity contribution in [3.8, 4) is 0 Å². The highest BCUT2D eigenvalue weighted by molar-refractivity contribution is 5.92. The number of likely N-dealkylation sites (N-methyl/N-ethyl adjacent to an activating group) is 1. The van der Waals surface area contributed by atoms with E-state index in [-0.39, 0.29) is 11.9 Å². The quantitative estimate of drug-likeness (QED) is 0.746. The third-order valence-electron chi connectivity index (χ3n) is 4.22. The molecule has 2 aliphatic rings. The van der Waals surface area contributed by atoms with Crippen molar-refractivity contribution in [2.24, 2.45) is 0 Å². The van der Waals surface area contributed by atoms with Crippen molar-refractivity contribution < 1.29 is 19.5 Å². The fourth-order valence-corrected chi connectivity index (χ4v) is 2.96. The lowest BCUT2D eigenvalue weighted by Crippen LogP contribution is -2.66. The Hall–Kier alpha value is -1.79. The minimum absolute atomic E-state index is 0.122. The molecular formula is C13H21N3O4. The van der Waals surface area contributed by atoms with E-state index in [1.165, 1.54) is 9.80 Å². The highest BCUT2D eigenvalue weighted by Gasteiger charge is 2.46. The van der Waals surface area contributed by atoms with Gasteiger partial charge in [0.2, 0.25) is 5.91 Å². The zero-order valence-corrected chi connectivity index (χ0v) is 12.1. The summed E-state index contributed by atoms with van der Waals surface area (Å²) in [6, 6.07) is -1.12. The normalized spacial score (nSPS) is 26.1. The van der Waals surface area contributed by atoms with E-state index in [9.17, 15) is 14.4 Å². The molecule has 112 valence electrons. The van der Waals surface area contributed by atoms with Crippen LogP contribution in [0.4, 0.5) is 4.79 Å². The lowest BCUT2D eigenvalue weighted by Gasteiger charge is -2.46. The monoisotopic (exact) mass is 283 g/mol. The Kier molecular flexibility index (Phi) is 3.62. The topological polar surface area (TPSA) is 81.2 Å². The SMILES string of the molecule is CN1CCN(C(=O)N2CCC[C@@H]2C(=O)O)C(C)(C)C1=O. The fourth-order valence-electron chi connectivity index (χ4n) is 2.96. The van der Waals surface area contributed by atoms with E-state index in [0.29, 0.717) is 32.5 Å². The summed E-state index contributed by atoms with van der Waals surface area (Å²) < 4.78 is 0. The molecule has 1 atom stereocenters. The smallest absolute Gasteiger partial charge is 0.326 e. The zero-order valence-electron chi connectivity index (χ0n) is 12.1. The van der Waals surface area contributed by atoms with Crippen LogP contribution in [-0.2, 0) is 9.59 Å². The van der Waals surface area contributed by atoms with Gasteiger partial charge in [0.05, 0.1) is 0 Å². The van der Waals surface area contributed by atoms with Gasteiger partial charge < -0.3 is 19.8 Å². The number of likely N-dealkylation sites (tertiary alicyclic amines) is 1. The van der Waals surface area contributed by atoms with Gasteiger partial charge in [0.1, 0.15) is 11.6 Å². The molecule has 0 saturated carbocycles. The van der Waals surface area contributed by atoms with Gasteiger partial charge in [0, 0.05) is 26.7 Å². The average molecular weight is 283 g/mol. The van der Waals surface area contributed by atoms with Crippen LogP contribution in [-0.4, -0.2) is 76.0 Å². The first-order chi connectivity index (χ1) is 9.26. The molecule has 1 N–H and O–H groups in total. The highest BCUT2D eigenvalue weighted by atomic mass is 16.4. The van der Waals surface area contributed by atoms with Crippen LogP contribution in [0.1, 0.15) is 26.7 Å². The molecule has 2 fully saturated rings. The molecule has 0 spiro atoms. The number of hydrogen-bond donors (Lipinski definition) is 1. The van der Waals surface area contributed by atoms with Gasteiger partial charge in [-0.25, -0.2) is 9.59 Å². The van der Waals surface area contributed by atoms with Gasteiger partial charge in [-0.15, -0.1) is 0 Å². The van der Waals surface area contributed by atoms with Crippen molar-refractivity contribution in [2.45, 2.75) is 38.3 Å². The molecule has 20 heavy (non-hydrogen) atoms. The van der Waals surface area contributed by atoms with E-state index in [0.717, 1.165) is 0 Å². The molecule has 0 unspecified atom stereocenters. The van der Waals surface area contributed by atoms with Crippen LogP contribution in [0.3, 0.4) is 0 Å². The standard InChI is InChI=1S/C13H21N3O4/c1-13(2)11(19)14(3)7-8-16(13)12(20)15-6-4-5-9(15)10(17)18/h9H,4-8H2,1-3H3,(H,17,18)/t9-/m1/s1. The minimum Gasteiger partial charge on any atom is -0.480 e. The zero-order chi connectivity index (χ0) is 15.1. The molecule has 0 radical (unpaired) electrons. The molecule has 2 rings (SSSR count). The van der Waals surface area contributed by atoms with Crippen LogP contribution in [0, 0.1) is 0 Å². The maximum Gasteiger partial charge on any atom is 0.326 e. The largest absolute Gasteiger partial charge is 0.480 e. The summed E-state index contributed by atoms with van der Waals surface area (Å²) in [6.07, 6.45) is 1.16. The Morgan fingerprint density at radius 3 is 2.50 bits per heavy atom. The van der Waals surface area contributed by atoms with Gasteiger partial charge in [0.15, 0.2) is 0 Å². The van der Waals surface area contributed by atoms with Crippen molar-refractivity contribution >= 4 is 17.9 Å². The molecule has 0 aromatic rings. The first-order valence-electron chi connectivity index (χ1n) is 6.83. The van der Waals surface area contributed by atoms with Crippen LogP contribution in [0.15, 0.2) is 0 Å². The lowest BCUT2D eigenvalue weighted by molar-refractivity contribution is -0.145. The lowest BCUT2D eigenvalue weighted by atomic mass is 9.98. The number of carboxylic acids is 1. The number of urea groups is 1. The number of carbonyl (C=O) groups excluding carboxylic acids is 2. The molecule has 0 aromatic heterocycles. The van der Waals surface area contributed by atoms with E-state index in [1.54, 1.807) is 25.8 Å². The highest BCUT2D eigenvalue weighted by Crippen LogP contribution is 2.26. The number of carboxylic acid groups (broad SMARTS) is 1. The first-order valence-corrected chi connectivity index (χ1v) is 6.83. The van der Waals surface area contributed by atoms with Crippen LogP contribution in [0.25, 0.3) is 0 Å². The number of hydrogen-bond acceptors (Lipinski definition) is 3. The molecular weight excluding hydrogens is 262 g/mol. The second kappa shape index (κ2) is 4.96. The molecule has 2 saturated heterocycles. The van der Waals surface area contributed by atoms with Crippen LogP contribution >= 0.6 is 0 Å². The Bertz CT molecular complexity index is 449. The molecule has 0 aromatic carbocycles. The summed E-state index contributed by atoms with van der Waals surface area (Å²) >= 11 is 0.